The van der Waals surface area contributed by atoms with Gasteiger partial charge in [0.2, 0.25) is 5.88 Å². The second kappa shape index (κ2) is 7.68. The highest BCUT2D eigenvalue weighted by Crippen LogP contribution is 2.21. The SMILES string of the molecule is Cc1nc2ccccc2nc1OCC(=O)NCc1ccc(Cl)cc1Cl. The molecule has 0 aliphatic heterocycles. The highest BCUT2D eigenvalue weighted by atomic mass is 35.5. The first kappa shape index (κ1) is 17.5. The van der Waals surface area contributed by atoms with Crippen molar-refractivity contribution in [3.05, 3.63) is 63.8 Å². The zero-order chi connectivity index (χ0) is 17.8. The lowest BCUT2D eigenvalue weighted by Crippen LogP contribution is -2.28. The van der Waals surface area contributed by atoms with Crippen LogP contribution >= 0.6 is 23.2 Å². The van der Waals surface area contributed by atoms with Crippen molar-refractivity contribution in [2.75, 3.05) is 6.61 Å². The van der Waals surface area contributed by atoms with Gasteiger partial charge in [0.1, 0.15) is 5.69 Å². The Morgan fingerprint density at radius 2 is 1.84 bits per heavy atom. The van der Waals surface area contributed by atoms with Gasteiger partial charge in [-0.05, 0) is 36.8 Å². The van der Waals surface area contributed by atoms with Crippen molar-refractivity contribution >= 4 is 40.1 Å². The summed E-state index contributed by atoms with van der Waals surface area (Å²) in [6, 6.07) is 12.6. The van der Waals surface area contributed by atoms with Crippen molar-refractivity contribution in [1.29, 1.82) is 0 Å². The van der Waals surface area contributed by atoms with E-state index in [1.807, 2.05) is 24.3 Å². The number of rotatable bonds is 5. The summed E-state index contributed by atoms with van der Waals surface area (Å²) in [6.07, 6.45) is 0. The van der Waals surface area contributed by atoms with Crippen LogP contribution in [0.25, 0.3) is 11.0 Å². The molecular weight excluding hydrogens is 361 g/mol. The highest BCUT2D eigenvalue weighted by Gasteiger charge is 2.10. The van der Waals surface area contributed by atoms with Crippen LogP contribution in [0.2, 0.25) is 10.0 Å². The number of aromatic nitrogens is 2. The molecule has 0 atom stereocenters. The number of ether oxygens (including phenoxy) is 1. The van der Waals surface area contributed by atoms with E-state index in [-0.39, 0.29) is 12.5 Å². The molecule has 0 unspecified atom stereocenters. The third-order valence-electron chi connectivity index (χ3n) is 3.53. The quantitative estimate of drug-likeness (QED) is 0.733. The fourth-order valence-corrected chi connectivity index (χ4v) is 2.73. The monoisotopic (exact) mass is 375 g/mol. The minimum atomic E-state index is -0.277. The van der Waals surface area contributed by atoms with E-state index in [0.29, 0.717) is 28.2 Å². The van der Waals surface area contributed by atoms with Gasteiger partial charge in [-0.1, -0.05) is 41.4 Å². The summed E-state index contributed by atoms with van der Waals surface area (Å²) in [5.41, 5.74) is 2.92. The van der Waals surface area contributed by atoms with Crippen LogP contribution in [-0.2, 0) is 11.3 Å². The number of hydrogen-bond donors (Lipinski definition) is 1. The van der Waals surface area contributed by atoms with Crippen molar-refractivity contribution in [3.8, 4) is 5.88 Å². The summed E-state index contributed by atoms with van der Waals surface area (Å²) in [4.78, 5) is 20.8. The number of aryl methyl sites for hydroxylation is 1. The Labute approximate surface area is 155 Å². The number of carbonyl (C=O) groups is 1. The molecule has 0 radical (unpaired) electrons. The van der Waals surface area contributed by atoms with Gasteiger partial charge in [-0.25, -0.2) is 9.97 Å². The van der Waals surface area contributed by atoms with Gasteiger partial charge in [0.25, 0.3) is 5.91 Å². The molecule has 0 saturated carbocycles. The Bertz CT molecular complexity index is 931. The molecule has 1 N–H and O–H groups in total. The van der Waals surface area contributed by atoms with Crippen molar-refractivity contribution in [3.63, 3.8) is 0 Å². The first-order valence-electron chi connectivity index (χ1n) is 7.60. The molecule has 0 fully saturated rings. The normalized spacial score (nSPS) is 10.7. The summed E-state index contributed by atoms with van der Waals surface area (Å²) in [7, 11) is 0. The smallest absolute Gasteiger partial charge is 0.258 e. The van der Waals surface area contributed by atoms with Crippen LogP contribution in [0.3, 0.4) is 0 Å². The third kappa shape index (κ3) is 4.38. The lowest BCUT2D eigenvalue weighted by atomic mass is 10.2. The van der Waals surface area contributed by atoms with Gasteiger partial charge in [-0.15, -0.1) is 0 Å². The summed E-state index contributed by atoms with van der Waals surface area (Å²) in [5, 5.41) is 3.80. The van der Waals surface area contributed by atoms with Gasteiger partial charge in [0.15, 0.2) is 6.61 Å². The molecule has 0 aliphatic rings. The largest absolute Gasteiger partial charge is 0.466 e. The number of hydrogen-bond acceptors (Lipinski definition) is 4. The van der Waals surface area contributed by atoms with Crippen LogP contribution in [0, 0.1) is 6.92 Å². The Balaban J connectivity index is 1.59. The number of carbonyl (C=O) groups excluding carboxylic acids is 1. The van der Waals surface area contributed by atoms with Crippen molar-refractivity contribution in [2.24, 2.45) is 0 Å². The van der Waals surface area contributed by atoms with E-state index in [1.54, 1.807) is 25.1 Å². The van der Waals surface area contributed by atoms with E-state index in [1.165, 1.54) is 0 Å². The van der Waals surface area contributed by atoms with E-state index < -0.39 is 0 Å². The highest BCUT2D eigenvalue weighted by molar-refractivity contribution is 6.35. The Kier molecular flexibility index (Phi) is 5.36. The summed E-state index contributed by atoms with van der Waals surface area (Å²) in [6.45, 7) is 1.93. The van der Waals surface area contributed by atoms with Crippen LogP contribution in [0.1, 0.15) is 11.3 Å². The summed E-state index contributed by atoms with van der Waals surface area (Å²) in [5.74, 6) is 0.0683. The van der Waals surface area contributed by atoms with Gasteiger partial charge >= 0.3 is 0 Å². The topological polar surface area (TPSA) is 64.1 Å². The molecule has 1 amide bonds. The van der Waals surface area contributed by atoms with Gasteiger partial charge in [-0.2, -0.15) is 0 Å². The second-order valence-corrected chi connectivity index (χ2v) is 6.25. The molecule has 7 heteroatoms. The molecule has 0 saturated heterocycles. The lowest BCUT2D eigenvalue weighted by molar-refractivity contribution is -0.123. The third-order valence-corrected chi connectivity index (χ3v) is 4.12. The second-order valence-electron chi connectivity index (χ2n) is 5.40. The van der Waals surface area contributed by atoms with Gasteiger partial charge in [-0.3, -0.25) is 4.79 Å². The molecule has 0 bridgehead atoms. The fraction of sp³-hybridized carbons (Fsp3) is 0.167. The maximum atomic E-state index is 12.0. The predicted octanol–water partition coefficient (Wildman–Crippen LogP) is 3.94. The Morgan fingerprint density at radius 1 is 1.12 bits per heavy atom. The number of fused-ring (bicyclic) bond motifs is 1. The van der Waals surface area contributed by atoms with E-state index in [4.69, 9.17) is 27.9 Å². The number of nitrogens with one attached hydrogen (secondary N) is 1. The maximum absolute atomic E-state index is 12.0. The molecule has 0 aliphatic carbocycles. The number of para-hydroxylation sites is 2. The van der Waals surface area contributed by atoms with Gasteiger partial charge in [0, 0.05) is 16.6 Å². The Hall–Kier alpha value is -2.37. The van der Waals surface area contributed by atoms with Crippen molar-refractivity contribution in [1.82, 2.24) is 15.3 Å². The summed E-state index contributed by atoms with van der Waals surface area (Å²) < 4.78 is 5.50. The zero-order valence-corrected chi connectivity index (χ0v) is 14.9. The molecule has 0 spiro atoms. The molecule has 25 heavy (non-hydrogen) atoms. The molecule has 1 heterocycles. The van der Waals surface area contributed by atoms with E-state index in [2.05, 4.69) is 15.3 Å². The van der Waals surface area contributed by atoms with Crippen LogP contribution in [0.5, 0.6) is 5.88 Å². The van der Waals surface area contributed by atoms with Crippen LogP contribution in [0.15, 0.2) is 42.5 Å². The minimum Gasteiger partial charge on any atom is -0.466 e. The molecule has 3 rings (SSSR count). The number of halogens is 2. The van der Waals surface area contributed by atoms with Crippen molar-refractivity contribution < 1.29 is 9.53 Å². The number of benzene rings is 2. The van der Waals surface area contributed by atoms with Crippen LogP contribution in [-0.4, -0.2) is 22.5 Å². The molecule has 2 aromatic carbocycles. The van der Waals surface area contributed by atoms with Crippen LogP contribution < -0.4 is 10.1 Å². The number of nitrogens with zero attached hydrogens (tertiary/aromatic N) is 2. The summed E-state index contributed by atoms with van der Waals surface area (Å²) >= 11 is 11.9. The fourth-order valence-electron chi connectivity index (χ4n) is 2.25. The number of amides is 1. The standard InChI is InChI=1S/C18H15Cl2N3O2/c1-11-18(23-16-5-3-2-4-15(16)22-11)25-10-17(24)21-9-12-6-7-13(19)8-14(12)20/h2-8H,9-10H2,1H3,(H,21,24). The first-order chi connectivity index (χ1) is 12.0. The zero-order valence-electron chi connectivity index (χ0n) is 13.4. The van der Waals surface area contributed by atoms with E-state index in [9.17, 15) is 4.79 Å². The van der Waals surface area contributed by atoms with E-state index >= 15 is 0 Å². The predicted molar refractivity (Wildman–Crippen MR) is 98.1 cm³/mol. The lowest BCUT2D eigenvalue weighted by Gasteiger charge is -2.10. The molecular formula is C18H15Cl2N3O2. The van der Waals surface area contributed by atoms with Gasteiger partial charge in [0.05, 0.1) is 11.0 Å². The molecule has 3 aromatic rings. The van der Waals surface area contributed by atoms with Crippen molar-refractivity contribution in [2.45, 2.75) is 13.5 Å². The minimum absolute atomic E-state index is 0.154. The van der Waals surface area contributed by atoms with E-state index in [0.717, 1.165) is 16.6 Å². The maximum Gasteiger partial charge on any atom is 0.258 e. The Morgan fingerprint density at radius 3 is 2.56 bits per heavy atom. The average molecular weight is 376 g/mol. The molecule has 128 valence electrons. The molecule has 1 aromatic heterocycles. The molecule has 5 nitrogen and oxygen atoms in total. The van der Waals surface area contributed by atoms with Crippen LogP contribution in [0.4, 0.5) is 0 Å². The van der Waals surface area contributed by atoms with Gasteiger partial charge < -0.3 is 10.1 Å². The first-order valence-corrected chi connectivity index (χ1v) is 8.35. The average Bonchev–Trinajstić information content (AvgIpc) is 2.59.